The summed E-state index contributed by atoms with van der Waals surface area (Å²) in [7, 11) is 1.42. The molecule has 0 rings (SSSR count). The maximum absolute atomic E-state index is 12.8. The highest BCUT2D eigenvalue weighted by molar-refractivity contribution is 5.79. The lowest BCUT2D eigenvalue weighted by Gasteiger charge is -2.18. The zero-order chi connectivity index (χ0) is 36.5. The second-order valence-electron chi connectivity index (χ2n) is 13.1. The first-order chi connectivity index (χ1) is 23.6. The lowest BCUT2D eigenvalue weighted by atomic mass is 10.1. The molecule has 4 atom stereocenters. The van der Waals surface area contributed by atoms with Crippen LogP contribution in [0.25, 0.3) is 0 Å². The second-order valence-corrected chi connectivity index (χ2v) is 13.1. The van der Waals surface area contributed by atoms with Gasteiger partial charge in [-0.2, -0.15) is 0 Å². The smallest absolute Gasteiger partial charge is 0.347 e. The van der Waals surface area contributed by atoms with Crippen molar-refractivity contribution in [3.05, 3.63) is 24.3 Å². The summed E-state index contributed by atoms with van der Waals surface area (Å²) in [6, 6.07) is 0. The van der Waals surface area contributed by atoms with Crippen LogP contribution in [0.2, 0.25) is 0 Å². The van der Waals surface area contributed by atoms with E-state index in [4.69, 9.17) is 14.2 Å². The number of carbonyl (C=O) groups is 4. The summed E-state index contributed by atoms with van der Waals surface area (Å²) in [6.07, 6.45) is 26.6. The number of unbranched alkanes of at least 4 members (excludes halogenated alkanes) is 15. The molecule has 0 radical (unpaired) electrons. The third-order valence-corrected chi connectivity index (χ3v) is 8.38. The van der Waals surface area contributed by atoms with Crippen LogP contribution in [0.5, 0.6) is 0 Å². The number of methoxy groups -OCH3 is 1. The standard InChI is InChI=1S/C40H70O9/c1-6-8-10-22-28-36(30-24-18-13-11-15-19-25-31-37(42)46-5)49-40(45)34(4)47-38(43)32-26-20-16-12-14-17-23-29-35(27-21-9-7-2)48-39(44)33(3)41/h23-24,29-30,33-36,41H,6-22,25-28,31-32H2,1-5H3. The fraction of sp³-hybridized carbons (Fsp3) is 0.800. The zero-order valence-corrected chi connectivity index (χ0v) is 31.6. The predicted octanol–water partition coefficient (Wildman–Crippen LogP) is 9.42. The van der Waals surface area contributed by atoms with Crippen molar-refractivity contribution in [2.45, 2.75) is 200 Å². The molecule has 0 saturated heterocycles. The predicted molar refractivity (Wildman–Crippen MR) is 195 cm³/mol. The van der Waals surface area contributed by atoms with Crippen LogP contribution in [0, 0.1) is 0 Å². The Morgan fingerprint density at radius 3 is 1.49 bits per heavy atom. The van der Waals surface area contributed by atoms with Gasteiger partial charge in [0.2, 0.25) is 0 Å². The van der Waals surface area contributed by atoms with Crippen molar-refractivity contribution in [2.24, 2.45) is 0 Å². The van der Waals surface area contributed by atoms with Crippen molar-refractivity contribution in [1.29, 1.82) is 0 Å². The first-order valence-corrected chi connectivity index (χ1v) is 19.3. The molecule has 0 spiro atoms. The molecular weight excluding hydrogens is 624 g/mol. The highest BCUT2D eigenvalue weighted by atomic mass is 16.6. The Morgan fingerprint density at radius 2 is 0.980 bits per heavy atom. The molecule has 0 aliphatic heterocycles. The Hall–Kier alpha value is -2.68. The van der Waals surface area contributed by atoms with E-state index < -0.39 is 24.1 Å². The number of hydrogen-bond donors (Lipinski definition) is 1. The number of aliphatic hydroxyl groups excluding tert-OH is 1. The SMILES string of the molecule is CCCCCCC(C=CCCCCCCCC(=O)OC)OC(=O)C(C)OC(=O)CCCCCCCC=CC(CCCCC)OC(=O)C(C)O. The molecule has 0 aliphatic carbocycles. The van der Waals surface area contributed by atoms with Gasteiger partial charge < -0.3 is 24.1 Å². The van der Waals surface area contributed by atoms with Crippen molar-refractivity contribution in [3.8, 4) is 0 Å². The molecule has 49 heavy (non-hydrogen) atoms. The van der Waals surface area contributed by atoms with Gasteiger partial charge in [0, 0.05) is 12.8 Å². The van der Waals surface area contributed by atoms with E-state index in [1.54, 1.807) is 6.92 Å². The van der Waals surface area contributed by atoms with E-state index in [1.165, 1.54) is 14.0 Å². The number of carbonyl (C=O) groups excluding carboxylic acids is 4. The van der Waals surface area contributed by atoms with E-state index in [0.717, 1.165) is 128 Å². The number of rotatable bonds is 32. The maximum Gasteiger partial charge on any atom is 0.347 e. The quantitative estimate of drug-likeness (QED) is 0.0317. The van der Waals surface area contributed by atoms with Gasteiger partial charge in [-0.05, 0) is 90.2 Å². The summed E-state index contributed by atoms with van der Waals surface area (Å²) in [5.74, 6) is -1.63. The first kappa shape index (κ1) is 46.3. The molecule has 0 aliphatic rings. The summed E-state index contributed by atoms with van der Waals surface area (Å²) >= 11 is 0. The van der Waals surface area contributed by atoms with Crippen molar-refractivity contribution in [2.75, 3.05) is 7.11 Å². The summed E-state index contributed by atoms with van der Waals surface area (Å²) in [4.78, 5) is 48.1. The van der Waals surface area contributed by atoms with Gasteiger partial charge in [0.25, 0.3) is 0 Å². The molecule has 0 heterocycles. The van der Waals surface area contributed by atoms with Gasteiger partial charge in [-0.25, -0.2) is 9.59 Å². The topological polar surface area (TPSA) is 125 Å². The summed E-state index contributed by atoms with van der Waals surface area (Å²) in [5.41, 5.74) is 0. The Labute approximate surface area is 297 Å². The van der Waals surface area contributed by atoms with Crippen LogP contribution in [-0.4, -0.2) is 60.5 Å². The minimum Gasteiger partial charge on any atom is -0.469 e. The molecule has 4 unspecified atom stereocenters. The van der Waals surface area contributed by atoms with Crippen molar-refractivity contribution >= 4 is 23.9 Å². The van der Waals surface area contributed by atoms with Crippen LogP contribution in [-0.2, 0) is 38.1 Å². The van der Waals surface area contributed by atoms with E-state index in [0.29, 0.717) is 12.8 Å². The molecule has 9 nitrogen and oxygen atoms in total. The van der Waals surface area contributed by atoms with Gasteiger partial charge in [0.15, 0.2) is 6.10 Å². The lowest BCUT2D eigenvalue weighted by molar-refractivity contribution is -0.169. The van der Waals surface area contributed by atoms with E-state index in [9.17, 15) is 24.3 Å². The van der Waals surface area contributed by atoms with Gasteiger partial charge in [0.05, 0.1) is 7.11 Å². The fourth-order valence-electron chi connectivity index (χ4n) is 5.28. The Morgan fingerprint density at radius 1 is 0.551 bits per heavy atom. The first-order valence-electron chi connectivity index (χ1n) is 19.3. The van der Waals surface area contributed by atoms with Crippen molar-refractivity contribution < 1.29 is 43.2 Å². The molecule has 0 aromatic carbocycles. The monoisotopic (exact) mass is 695 g/mol. The Kier molecular flexibility index (Phi) is 30.7. The Bertz CT molecular complexity index is 911. The zero-order valence-electron chi connectivity index (χ0n) is 31.6. The van der Waals surface area contributed by atoms with Gasteiger partial charge in [-0.1, -0.05) is 96.6 Å². The number of aliphatic hydroxyl groups is 1. The van der Waals surface area contributed by atoms with Crippen molar-refractivity contribution in [3.63, 3.8) is 0 Å². The van der Waals surface area contributed by atoms with Gasteiger partial charge in [0.1, 0.15) is 18.3 Å². The molecule has 0 amide bonds. The molecule has 0 bridgehead atoms. The lowest BCUT2D eigenvalue weighted by Crippen LogP contribution is -2.29. The van der Waals surface area contributed by atoms with E-state index >= 15 is 0 Å². The number of esters is 4. The van der Waals surface area contributed by atoms with E-state index in [2.05, 4.69) is 30.7 Å². The molecule has 1 N–H and O–H groups in total. The van der Waals surface area contributed by atoms with Gasteiger partial charge in [-0.3, -0.25) is 9.59 Å². The largest absolute Gasteiger partial charge is 0.469 e. The van der Waals surface area contributed by atoms with Gasteiger partial charge in [-0.15, -0.1) is 0 Å². The molecule has 0 aromatic heterocycles. The normalized spacial score (nSPS) is 14.0. The van der Waals surface area contributed by atoms with Crippen molar-refractivity contribution in [1.82, 2.24) is 0 Å². The van der Waals surface area contributed by atoms with Crippen LogP contribution in [0.3, 0.4) is 0 Å². The third-order valence-electron chi connectivity index (χ3n) is 8.38. The molecular formula is C40H70O9. The summed E-state index contributed by atoms with van der Waals surface area (Å²) in [5, 5.41) is 9.44. The highest BCUT2D eigenvalue weighted by Gasteiger charge is 2.22. The molecule has 0 saturated carbocycles. The number of allylic oxidation sites excluding steroid dienone is 2. The number of ether oxygens (including phenoxy) is 4. The van der Waals surface area contributed by atoms with Crippen LogP contribution in [0.1, 0.15) is 175 Å². The molecule has 0 aromatic rings. The van der Waals surface area contributed by atoms with E-state index in [-0.39, 0.29) is 30.6 Å². The fourth-order valence-corrected chi connectivity index (χ4v) is 5.28. The Balaban J connectivity index is 4.37. The number of hydrogen-bond acceptors (Lipinski definition) is 9. The van der Waals surface area contributed by atoms with E-state index in [1.807, 2.05) is 12.2 Å². The van der Waals surface area contributed by atoms with Crippen LogP contribution < -0.4 is 0 Å². The highest BCUT2D eigenvalue weighted by Crippen LogP contribution is 2.15. The van der Waals surface area contributed by atoms with Crippen LogP contribution in [0.4, 0.5) is 0 Å². The van der Waals surface area contributed by atoms with Crippen LogP contribution >= 0.6 is 0 Å². The average molecular weight is 695 g/mol. The molecule has 284 valence electrons. The van der Waals surface area contributed by atoms with Crippen LogP contribution in [0.15, 0.2) is 24.3 Å². The summed E-state index contributed by atoms with van der Waals surface area (Å²) in [6.45, 7) is 7.28. The second kappa shape index (κ2) is 32.5. The summed E-state index contributed by atoms with van der Waals surface area (Å²) < 4.78 is 21.2. The van der Waals surface area contributed by atoms with Gasteiger partial charge >= 0.3 is 23.9 Å². The molecule has 0 fully saturated rings. The third kappa shape index (κ3) is 28.8. The minimum atomic E-state index is -1.12. The molecule has 9 heteroatoms. The average Bonchev–Trinajstić information content (AvgIpc) is 3.07. The maximum atomic E-state index is 12.8. The minimum absolute atomic E-state index is 0.153.